The molecular formula is C18H22BNO4. The lowest BCUT2D eigenvalue weighted by Gasteiger charge is -2.14. The van der Waals surface area contributed by atoms with E-state index >= 15 is 0 Å². The zero-order valence-electron chi connectivity index (χ0n) is 14.3. The largest absolute Gasteiger partial charge is 0.493 e. The summed E-state index contributed by atoms with van der Waals surface area (Å²) in [5.41, 5.74) is 4.12. The van der Waals surface area contributed by atoms with Gasteiger partial charge in [0.15, 0.2) is 11.5 Å². The molecular weight excluding hydrogens is 305 g/mol. The van der Waals surface area contributed by atoms with Gasteiger partial charge in [-0.2, -0.15) is 0 Å². The van der Waals surface area contributed by atoms with Gasteiger partial charge in [0, 0.05) is 30.0 Å². The second-order valence-corrected chi connectivity index (χ2v) is 5.92. The van der Waals surface area contributed by atoms with Crippen molar-refractivity contribution in [3.8, 4) is 22.6 Å². The van der Waals surface area contributed by atoms with Crippen LogP contribution in [-0.4, -0.2) is 37.4 Å². The molecule has 0 amide bonds. The minimum Gasteiger partial charge on any atom is -0.493 e. The zero-order chi connectivity index (χ0) is 17.1. The minimum absolute atomic E-state index is 0.177. The molecule has 1 aliphatic rings. The highest BCUT2D eigenvalue weighted by molar-refractivity contribution is 6.43. The van der Waals surface area contributed by atoms with Crippen molar-refractivity contribution >= 4 is 7.12 Å². The van der Waals surface area contributed by atoms with Crippen LogP contribution in [0.15, 0.2) is 30.5 Å². The van der Waals surface area contributed by atoms with Crippen LogP contribution in [0.25, 0.3) is 11.1 Å². The van der Waals surface area contributed by atoms with Crippen molar-refractivity contribution in [3.05, 3.63) is 41.7 Å². The molecule has 1 aliphatic heterocycles. The Morgan fingerprint density at radius 3 is 2.83 bits per heavy atom. The monoisotopic (exact) mass is 327 g/mol. The Balaban J connectivity index is 1.97. The summed E-state index contributed by atoms with van der Waals surface area (Å²) < 4.78 is 16.3. The maximum absolute atomic E-state index is 9.58. The van der Waals surface area contributed by atoms with E-state index < -0.39 is 7.12 Å². The summed E-state index contributed by atoms with van der Waals surface area (Å²) >= 11 is 0. The first-order valence-corrected chi connectivity index (χ1v) is 8.19. The third-order valence-corrected chi connectivity index (χ3v) is 4.33. The number of rotatable bonds is 5. The molecule has 1 atom stereocenters. The lowest BCUT2D eigenvalue weighted by molar-refractivity contribution is 0.292. The van der Waals surface area contributed by atoms with Crippen molar-refractivity contribution in [1.82, 2.24) is 4.98 Å². The summed E-state index contributed by atoms with van der Waals surface area (Å²) in [6, 6.07) is 8.03. The van der Waals surface area contributed by atoms with Crippen molar-refractivity contribution in [2.75, 3.05) is 20.3 Å². The predicted octanol–water partition coefficient (Wildman–Crippen LogP) is 3.06. The summed E-state index contributed by atoms with van der Waals surface area (Å²) in [5, 5.41) is 9.58. The van der Waals surface area contributed by atoms with Crippen LogP contribution in [0, 0.1) is 6.92 Å². The summed E-state index contributed by atoms with van der Waals surface area (Å²) in [5.74, 6) is 1.62. The van der Waals surface area contributed by atoms with E-state index in [1.165, 1.54) is 0 Å². The van der Waals surface area contributed by atoms with Crippen molar-refractivity contribution in [1.29, 1.82) is 0 Å². The molecule has 1 N–H and O–H groups in total. The normalized spacial score (nSPS) is 17.2. The number of benzene rings is 1. The van der Waals surface area contributed by atoms with Crippen LogP contribution in [0.5, 0.6) is 11.5 Å². The Morgan fingerprint density at radius 1 is 1.33 bits per heavy atom. The Bertz CT molecular complexity index is 722. The number of ether oxygens (including phenoxy) is 2. The number of aromatic nitrogens is 1. The van der Waals surface area contributed by atoms with Crippen molar-refractivity contribution < 1.29 is 19.2 Å². The number of hydrogen-bond acceptors (Lipinski definition) is 5. The Labute approximate surface area is 142 Å². The van der Waals surface area contributed by atoms with Gasteiger partial charge in [0.2, 0.25) is 0 Å². The van der Waals surface area contributed by atoms with Gasteiger partial charge in [-0.25, -0.2) is 0 Å². The number of hydrogen-bond donors (Lipinski definition) is 1. The van der Waals surface area contributed by atoms with E-state index in [1.807, 2.05) is 38.2 Å². The Hall–Kier alpha value is -2.05. The maximum Gasteiger partial charge on any atom is 0.454 e. The summed E-state index contributed by atoms with van der Waals surface area (Å²) in [6.45, 7) is 5.04. The average Bonchev–Trinajstić information content (AvgIpc) is 3.02. The molecule has 1 fully saturated rings. The fraction of sp³-hybridized carbons (Fsp3) is 0.389. The number of nitrogens with zero attached hydrogens (tertiary/aromatic N) is 1. The van der Waals surface area contributed by atoms with Crippen molar-refractivity contribution in [3.63, 3.8) is 0 Å². The van der Waals surface area contributed by atoms with E-state index in [9.17, 15) is 5.02 Å². The molecule has 1 aromatic carbocycles. The zero-order valence-corrected chi connectivity index (χ0v) is 14.3. The fourth-order valence-corrected chi connectivity index (χ4v) is 3.02. The molecule has 24 heavy (non-hydrogen) atoms. The first-order valence-electron chi connectivity index (χ1n) is 8.19. The average molecular weight is 327 g/mol. The summed E-state index contributed by atoms with van der Waals surface area (Å²) in [7, 11) is 0.960. The highest BCUT2D eigenvalue weighted by atomic mass is 16.5. The first-order chi connectivity index (χ1) is 11.6. The van der Waals surface area contributed by atoms with Gasteiger partial charge in [-0.1, -0.05) is 6.07 Å². The molecule has 5 nitrogen and oxygen atoms in total. The molecule has 1 saturated heterocycles. The van der Waals surface area contributed by atoms with E-state index in [-0.39, 0.29) is 5.92 Å². The van der Waals surface area contributed by atoms with Crippen molar-refractivity contribution in [2.45, 2.75) is 26.1 Å². The topological polar surface area (TPSA) is 60.8 Å². The molecule has 0 spiro atoms. The third kappa shape index (κ3) is 3.39. The lowest BCUT2D eigenvalue weighted by Crippen LogP contribution is -2.07. The Kier molecular flexibility index (Phi) is 5.07. The number of methoxy groups -OCH3 is 1. The third-order valence-electron chi connectivity index (χ3n) is 4.33. The van der Waals surface area contributed by atoms with Gasteiger partial charge in [-0.3, -0.25) is 4.98 Å². The fourth-order valence-electron chi connectivity index (χ4n) is 3.02. The second kappa shape index (κ2) is 7.24. The Morgan fingerprint density at radius 2 is 2.17 bits per heavy atom. The molecule has 0 saturated carbocycles. The SMILES string of the molecule is CCOc1cc(-c2cc([C@H]3COB(O)C3)cnc2C)ccc1OC. The van der Waals surface area contributed by atoms with Crippen LogP contribution in [0.1, 0.15) is 24.1 Å². The van der Waals surface area contributed by atoms with Crippen LogP contribution in [0.3, 0.4) is 0 Å². The van der Waals surface area contributed by atoms with Gasteiger partial charge >= 0.3 is 7.12 Å². The summed E-state index contributed by atoms with van der Waals surface area (Å²) in [6.07, 6.45) is 2.48. The smallest absolute Gasteiger partial charge is 0.454 e. The molecule has 1 aromatic heterocycles. The summed E-state index contributed by atoms with van der Waals surface area (Å²) in [4.78, 5) is 4.53. The molecule has 0 bridgehead atoms. The van der Waals surface area contributed by atoms with Gasteiger partial charge in [-0.15, -0.1) is 0 Å². The van der Waals surface area contributed by atoms with Crippen LogP contribution in [0.2, 0.25) is 6.32 Å². The van der Waals surface area contributed by atoms with Crippen molar-refractivity contribution in [2.24, 2.45) is 0 Å². The van der Waals surface area contributed by atoms with Gasteiger partial charge in [0.25, 0.3) is 0 Å². The van der Waals surface area contributed by atoms with Gasteiger partial charge in [0.1, 0.15) is 0 Å². The van der Waals surface area contributed by atoms with E-state index in [1.54, 1.807) is 7.11 Å². The quantitative estimate of drug-likeness (QED) is 0.855. The number of aryl methyl sites for hydroxylation is 1. The highest BCUT2D eigenvalue weighted by Gasteiger charge is 2.30. The van der Waals surface area contributed by atoms with E-state index in [4.69, 9.17) is 14.1 Å². The van der Waals surface area contributed by atoms with E-state index in [0.717, 1.165) is 33.9 Å². The highest BCUT2D eigenvalue weighted by Crippen LogP contribution is 2.35. The number of pyridine rings is 1. The molecule has 0 radical (unpaired) electrons. The minimum atomic E-state index is -0.676. The van der Waals surface area contributed by atoms with Crippen LogP contribution in [-0.2, 0) is 4.65 Å². The van der Waals surface area contributed by atoms with E-state index in [2.05, 4.69) is 11.1 Å². The van der Waals surface area contributed by atoms with Gasteiger partial charge in [-0.05, 0) is 49.5 Å². The van der Waals surface area contributed by atoms with Crippen LogP contribution < -0.4 is 9.47 Å². The van der Waals surface area contributed by atoms with E-state index in [0.29, 0.717) is 19.5 Å². The molecule has 0 unspecified atom stereocenters. The molecule has 0 aliphatic carbocycles. The van der Waals surface area contributed by atoms with Gasteiger partial charge in [0.05, 0.1) is 13.7 Å². The first kappa shape index (κ1) is 16.8. The lowest BCUT2D eigenvalue weighted by atomic mass is 9.79. The van der Waals surface area contributed by atoms with Crippen LogP contribution in [0.4, 0.5) is 0 Å². The maximum atomic E-state index is 9.58. The van der Waals surface area contributed by atoms with Gasteiger partial charge < -0.3 is 19.2 Å². The molecule has 2 heterocycles. The second-order valence-electron chi connectivity index (χ2n) is 5.92. The standard InChI is InChI=1S/C18H22BNO4/c1-4-23-18-8-13(5-6-17(18)22-3)16-7-14(10-20-12(16)2)15-9-19(21)24-11-15/h5-8,10,15,21H,4,9,11H2,1-3H3/t15-/m1/s1. The molecule has 126 valence electrons. The molecule has 3 rings (SSSR count). The van der Waals surface area contributed by atoms with Crippen LogP contribution >= 0.6 is 0 Å². The predicted molar refractivity (Wildman–Crippen MR) is 93.6 cm³/mol. The molecule has 2 aromatic rings. The molecule has 6 heteroatoms.